The highest BCUT2D eigenvalue weighted by Crippen LogP contribution is 2.28. The number of ether oxygens (including phenoxy) is 1. The quantitative estimate of drug-likeness (QED) is 0.844. The van der Waals surface area contributed by atoms with E-state index in [0.717, 1.165) is 51.1 Å². The third kappa shape index (κ3) is 4.53. The predicted molar refractivity (Wildman–Crippen MR) is 99.5 cm³/mol. The minimum atomic E-state index is -0.181. The summed E-state index contributed by atoms with van der Waals surface area (Å²) in [6.07, 6.45) is 1.89. The fourth-order valence-corrected chi connectivity index (χ4v) is 4.26. The first-order valence-corrected chi connectivity index (χ1v) is 9.36. The Morgan fingerprint density at radius 2 is 1.80 bits per heavy atom. The number of benzene rings is 1. The van der Waals surface area contributed by atoms with Gasteiger partial charge in [0, 0.05) is 44.3 Å². The fourth-order valence-electron chi connectivity index (χ4n) is 4.26. The lowest BCUT2D eigenvalue weighted by atomic mass is 9.92. The second kappa shape index (κ2) is 7.75. The third-order valence-electron chi connectivity index (χ3n) is 5.53. The van der Waals surface area contributed by atoms with Crippen molar-refractivity contribution in [2.75, 3.05) is 39.8 Å². The topological polar surface area (TPSA) is 36.0 Å². The minimum Gasteiger partial charge on any atom is -0.445 e. The molecule has 2 heterocycles. The third-order valence-corrected chi connectivity index (χ3v) is 5.53. The van der Waals surface area contributed by atoms with Crippen LogP contribution in [0, 0.1) is 0 Å². The molecule has 1 amide bonds. The van der Waals surface area contributed by atoms with Crippen LogP contribution in [0.2, 0.25) is 0 Å². The molecule has 1 aromatic rings. The summed E-state index contributed by atoms with van der Waals surface area (Å²) in [4.78, 5) is 19.2. The standard InChI is InChI=1S/C20H31N3O2/c1-20(2)16-21(3)13-14-23(20)18-9-11-22(12-10-18)19(24)25-15-17-7-5-4-6-8-17/h4-8,18H,9-16H2,1-3H3. The molecule has 0 bridgehead atoms. The average Bonchev–Trinajstić information content (AvgIpc) is 2.60. The Hall–Kier alpha value is -1.59. The van der Waals surface area contributed by atoms with Crippen LogP contribution in [-0.2, 0) is 11.3 Å². The number of hydrogen-bond acceptors (Lipinski definition) is 4. The van der Waals surface area contributed by atoms with Crippen molar-refractivity contribution in [3.05, 3.63) is 35.9 Å². The van der Waals surface area contributed by atoms with Crippen LogP contribution in [0.3, 0.4) is 0 Å². The van der Waals surface area contributed by atoms with Crippen molar-refractivity contribution in [2.24, 2.45) is 0 Å². The SMILES string of the molecule is CN1CCN(C2CCN(C(=O)OCc3ccccc3)CC2)C(C)(C)C1. The van der Waals surface area contributed by atoms with E-state index in [9.17, 15) is 4.79 Å². The first kappa shape index (κ1) is 18.2. The van der Waals surface area contributed by atoms with Crippen molar-refractivity contribution >= 4 is 6.09 Å². The van der Waals surface area contributed by atoms with Gasteiger partial charge in [-0.15, -0.1) is 0 Å². The maximum atomic E-state index is 12.3. The molecule has 25 heavy (non-hydrogen) atoms. The van der Waals surface area contributed by atoms with Crippen LogP contribution in [0.4, 0.5) is 4.79 Å². The maximum absolute atomic E-state index is 12.3. The molecule has 2 aliphatic rings. The van der Waals surface area contributed by atoms with Gasteiger partial charge in [-0.3, -0.25) is 4.90 Å². The average molecular weight is 345 g/mol. The number of carbonyl (C=O) groups excluding carboxylic acids is 1. The van der Waals surface area contributed by atoms with E-state index in [-0.39, 0.29) is 11.6 Å². The Labute approximate surface area is 151 Å². The van der Waals surface area contributed by atoms with Crippen LogP contribution in [0.15, 0.2) is 30.3 Å². The molecule has 1 aromatic carbocycles. The van der Waals surface area contributed by atoms with Gasteiger partial charge in [-0.2, -0.15) is 0 Å². The summed E-state index contributed by atoms with van der Waals surface area (Å²) in [5.74, 6) is 0. The Kier molecular flexibility index (Phi) is 5.64. The van der Waals surface area contributed by atoms with Gasteiger partial charge in [0.2, 0.25) is 0 Å². The highest BCUT2D eigenvalue weighted by atomic mass is 16.6. The van der Waals surface area contributed by atoms with Crippen LogP contribution in [0.1, 0.15) is 32.3 Å². The molecule has 5 heteroatoms. The van der Waals surface area contributed by atoms with E-state index in [2.05, 4.69) is 30.7 Å². The molecule has 0 N–H and O–H groups in total. The zero-order chi connectivity index (χ0) is 17.9. The fraction of sp³-hybridized carbons (Fsp3) is 0.650. The van der Waals surface area contributed by atoms with Crippen LogP contribution in [-0.4, -0.2) is 72.1 Å². The van der Waals surface area contributed by atoms with Crippen LogP contribution < -0.4 is 0 Å². The summed E-state index contributed by atoms with van der Waals surface area (Å²) in [5, 5.41) is 0. The molecular weight excluding hydrogens is 314 g/mol. The molecule has 138 valence electrons. The van der Waals surface area contributed by atoms with E-state index in [1.165, 1.54) is 0 Å². The van der Waals surface area contributed by atoms with Crippen molar-refractivity contribution in [2.45, 2.75) is 44.9 Å². The number of nitrogens with zero attached hydrogens (tertiary/aromatic N) is 3. The van der Waals surface area contributed by atoms with Gasteiger partial charge in [0.05, 0.1) is 0 Å². The van der Waals surface area contributed by atoms with Gasteiger partial charge in [0.15, 0.2) is 0 Å². The number of likely N-dealkylation sites (N-methyl/N-ethyl adjacent to an activating group) is 1. The molecule has 2 fully saturated rings. The second-order valence-electron chi connectivity index (χ2n) is 8.00. The summed E-state index contributed by atoms with van der Waals surface area (Å²) >= 11 is 0. The molecule has 0 aromatic heterocycles. The van der Waals surface area contributed by atoms with Gasteiger partial charge < -0.3 is 14.5 Å². The second-order valence-corrected chi connectivity index (χ2v) is 8.00. The smallest absolute Gasteiger partial charge is 0.410 e. The minimum absolute atomic E-state index is 0.181. The summed E-state index contributed by atoms with van der Waals surface area (Å²) in [5.41, 5.74) is 1.23. The number of rotatable bonds is 3. The highest BCUT2D eigenvalue weighted by molar-refractivity contribution is 5.67. The lowest BCUT2D eigenvalue weighted by Crippen LogP contribution is -2.63. The van der Waals surface area contributed by atoms with Gasteiger partial charge >= 0.3 is 6.09 Å². The largest absolute Gasteiger partial charge is 0.445 e. The Morgan fingerprint density at radius 3 is 2.44 bits per heavy atom. The van der Waals surface area contributed by atoms with Gasteiger partial charge in [0.1, 0.15) is 6.61 Å². The molecule has 2 aliphatic heterocycles. The molecule has 2 saturated heterocycles. The zero-order valence-corrected chi connectivity index (χ0v) is 15.8. The Balaban J connectivity index is 1.47. The first-order chi connectivity index (χ1) is 12.0. The molecule has 0 unspecified atom stereocenters. The summed E-state index contributed by atoms with van der Waals surface area (Å²) in [6, 6.07) is 10.4. The molecule has 0 saturated carbocycles. The van der Waals surface area contributed by atoms with Crippen LogP contribution in [0.25, 0.3) is 0 Å². The summed E-state index contributed by atoms with van der Waals surface area (Å²) in [7, 11) is 2.20. The van der Waals surface area contributed by atoms with Crippen molar-refractivity contribution in [3.63, 3.8) is 0 Å². The normalized spacial score (nSPS) is 22.8. The molecule has 0 aliphatic carbocycles. The van der Waals surface area contributed by atoms with Crippen molar-refractivity contribution in [1.82, 2.24) is 14.7 Å². The lowest BCUT2D eigenvalue weighted by molar-refractivity contribution is -0.0219. The van der Waals surface area contributed by atoms with Crippen LogP contribution >= 0.6 is 0 Å². The number of piperazine rings is 1. The maximum Gasteiger partial charge on any atom is 0.410 e. The summed E-state index contributed by atoms with van der Waals surface area (Å²) < 4.78 is 5.47. The van der Waals surface area contributed by atoms with Crippen molar-refractivity contribution in [3.8, 4) is 0 Å². The zero-order valence-electron chi connectivity index (χ0n) is 15.8. The molecule has 5 nitrogen and oxygen atoms in total. The molecule has 0 radical (unpaired) electrons. The molecular formula is C20H31N3O2. The first-order valence-electron chi connectivity index (χ1n) is 9.36. The predicted octanol–water partition coefficient (Wildman–Crippen LogP) is 2.81. The number of hydrogen-bond donors (Lipinski definition) is 0. The van der Waals surface area contributed by atoms with E-state index >= 15 is 0 Å². The number of likely N-dealkylation sites (tertiary alicyclic amines) is 1. The van der Waals surface area contributed by atoms with Gasteiger partial charge in [-0.05, 0) is 39.3 Å². The van der Waals surface area contributed by atoms with Crippen molar-refractivity contribution < 1.29 is 9.53 Å². The van der Waals surface area contributed by atoms with Crippen molar-refractivity contribution in [1.29, 1.82) is 0 Å². The monoisotopic (exact) mass is 345 g/mol. The van der Waals surface area contributed by atoms with E-state index in [0.29, 0.717) is 12.6 Å². The van der Waals surface area contributed by atoms with E-state index in [4.69, 9.17) is 4.74 Å². The molecule has 0 spiro atoms. The van der Waals surface area contributed by atoms with E-state index in [1.54, 1.807) is 0 Å². The number of amides is 1. The van der Waals surface area contributed by atoms with Gasteiger partial charge in [0.25, 0.3) is 0 Å². The number of piperidine rings is 1. The number of carbonyl (C=O) groups is 1. The Bertz CT molecular complexity index is 568. The molecule has 0 atom stereocenters. The van der Waals surface area contributed by atoms with Gasteiger partial charge in [-0.25, -0.2) is 4.79 Å². The van der Waals surface area contributed by atoms with Gasteiger partial charge in [-0.1, -0.05) is 30.3 Å². The lowest BCUT2D eigenvalue weighted by Gasteiger charge is -2.51. The summed E-state index contributed by atoms with van der Waals surface area (Å²) in [6.45, 7) is 9.96. The van der Waals surface area contributed by atoms with Crippen LogP contribution in [0.5, 0.6) is 0 Å². The van der Waals surface area contributed by atoms with E-state index in [1.807, 2.05) is 35.2 Å². The van der Waals surface area contributed by atoms with E-state index < -0.39 is 0 Å². The Morgan fingerprint density at radius 1 is 1.12 bits per heavy atom. The highest BCUT2D eigenvalue weighted by Gasteiger charge is 2.38. The molecule has 3 rings (SSSR count).